The molecule has 21 heavy (non-hydrogen) atoms. The molecule has 118 valence electrons. The SMILES string of the molecule is CC(C)CCOCCNCc1ccc(N2CCCC2)cc1. The third-order valence-electron chi connectivity index (χ3n) is 4.00. The van der Waals surface area contributed by atoms with Gasteiger partial charge in [0.1, 0.15) is 0 Å². The first-order valence-corrected chi connectivity index (χ1v) is 8.38. The van der Waals surface area contributed by atoms with Gasteiger partial charge in [0.15, 0.2) is 0 Å². The van der Waals surface area contributed by atoms with Crippen LogP contribution in [0.15, 0.2) is 24.3 Å². The van der Waals surface area contributed by atoms with Crippen LogP contribution in [-0.4, -0.2) is 32.8 Å². The van der Waals surface area contributed by atoms with E-state index in [4.69, 9.17) is 4.74 Å². The van der Waals surface area contributed by atoms with Crippen LogP contribution >= 0.6 is 0 Å². The Hall–Kier alpha value is -1.06. The first-order chi connectivity index (χ1) is 10.3. The average Bonchev–Trinajstić information content (AvgIpc) is 3.01. The van der Waals surface area contributed by atoms with Crippen LogP contribution < -0.4 is 10.2 Å². The van der Waals surface area contributed by atoms with E-state index in [-0.39, 0.29) is 0 Å². The second kappa shape index (κ2) is 9.06. The fraction of sp³-hybridized carbons (Fsp3) is 0.667. The normalized spacial score (nSPS) is 15.1. The van der Waals surface area contributed by atoms with E-state index in [1.807, 2.05) is 0 Å². The van der Waals surface area contributed by atoms with E-state index in [2.05, 4.69) is 48.3 Å². The van der Waals surface area contributed by atoms with E-state index < -0.39 is 0 Å². The van der Waals surface area contributed by atoms with Crippen LogP contribution in [0.5, 0.6) is 0 Å². The molecule has 1 aliphatic rings. The molecule has 1 aliphatic heterocycles. The van der Waals surface area contributed by atoms with Crippen LogP contribution in [-0.2, 0) is 11.3 Å². The van der Waals surface area contributed by atoms with Crippen molar-refractivity contribution >= 4 is 5.69 Å². The van der Waals surface area contributed by atoms with E-state index in [0.717, 1.165) is 38.6 Å². The van der Waals surface area contributed by atoms with Gasteiger partial charge in [0, 0.05) is 38.5 Å². The lowest BCUT2D eigenvalue weighted by Gasteiger charge is -2.17. The molecule has 1 fully saturated rings. The topological polar surface area (TPSA) is 24.5 Å². The molecule has 0 unspecified atom stereocenters. The van der Waals surface area contributed by atoms with Crippen molar-refractivity contribution in [3.63, 3.8) is 0 Å². The molecule has 0 amide bonds. The highest BCUT2D eigenvalue weighted by molar-refractivity contribution is 5.48. The minimum absolute atomic E-state index is 0.729. The van der Waals surface area contributed by atoms with Crippen LogP contribution in [0.25, 0.3) is 0 Å². The molecule has 1 aromatic carbocycles. The minimum atomic E-state index is 0.729. The van der Waals surface area contributed by atoms with Crippen LogP contribution in [0.2, 0.25) is 0 Å². The smallest absolute Gasteiger partial charge is 0.0591 e. The van der Waals surface area contributed by atoms with Gasteiger partial charge in [-0.25, -0.2) is 0 Å². The summed E-state index contributed by atoms with van der Waals surface area (Å²) in [5, 5.41) is 3.44. The molecule has 0 saturated carbocycles. The van der Waals surface area contributed by atoms with Crippen LogP contribution in [0, 0.1) is 5.92 Å². The quantitative estimate of drug-likeness (QED) is 0.705. The zero-order valence-corrected chi connectivity index (χ0v) is 13.6. The average molecular weight is 290 g/mol. The van der Waals surface area contributed by atoms with E-state index in [1.165, 1.54) is 37.2 Å². The maximum Gasteiger partial charge on any atom is 0.0591 e. The molecule has 2 rings (SSSR count). The summed E-state index contributed by atoms with van der Waals surface area (Å²) < 4.78 is 5.60. The van der Waals surface area contributed by atoms with E-state index in [0.29, 0.717) is 0 Å². The summed E-state index contributed by atoms with van der Waals surface area (Å²) in [6, 6.07) is 8.98. The fourth-order valence-corrected chi connectivity index (χ4v) is 2.60. The van der Waals surface area contributed by atoms with Gasteiger partial charge in [-0.05, 0) is 42.9 Å². The van der Waals surface area contributed by atoms with Crippen molar-refractivity contribution in [1.82, 2.24) is 5.32 Å². The maximum atomic E-state index is 5.60. The molecule has 0 spiro atoms. The van der Waals surface area contributed by atoms with E-state index in [1.54, 1.807) is 0 Å². The number of hydrogen-bond donors (Lipinski definition) is 1. The van der Waals surface area contributed by atoms with Gasteiger partial charge in [-0.15, -0.1) is 0 Å². The molecule has 1 heterocycles. The minimum Gasteiger partial charge on any atom is -0.380 e. The molecule has 0 bridgehead atoms. The van der Waals surface area contributed by atoms with Gasteiger partial charge in [0.2, 0.25) is 0 Å². The summed E-state index contributed by atoms with van der Waals surface area (Å²) in [5.41, 5.74) is 2.72. The summed E-state index contributed by atoms with van der Waals surface area (Å²) >= 11 is 0. The van der Waals surface area contributed by atoms with Gasteiger partial charge in [0.05, 0.1) is 6.61 Å². The highest BCUT2D eigenvalue weighted by Gasteiger charge is 2.11. The van der Waals surface area contributed by atoms with Gasteiger partial charge in [-0.1, -0.05) is 26.0 Å². The summed E-state index contributed by atoms with van der Waals surface area (Å²) in [6.45, 7) is 10.4. The fourth-order valence-electron chi connectivity index (χ4n) is 2.60. The predicted octanol–water partition coefficient (Wildman–Crippen LogP) is 3.44. The number of benzene rings is 1. The molecule has 0 aromatic heterocycles. The monoisotopic (exact) mass is 290 g/mol. The molecule has 0 atom stereocenters. The first kappa shape index (κ1) is 16.3. The second-order valence-corrected chi connectivity index (χ2v) is 6.33. The van der Waals surface area contributed by atoms with Gasteiger partial charge >= 0.3 is 0 Å². The predicted molar refractivity (Wildman–Crippen MR) is 89.9 cm³/mol. The third-order valence-corrected chi connectivity index (χ3v) is 4.00. The molecule has 1 N–H and O–H groups in total. The molecule has 3 heteroatoms. The number of nitrogens with one attached hydrogen (secondary N) is 1. The Morgan fingerprint density at radius 3 is 2.48 bits per heavy atom. The Kier molecular flexibility index (Phi) is 7.04. The van der Waals surface area contributed by atoms with Crippen molar-refractivity contribution in [1.29, 1.82) is 0 Å². The Morgan fingerprint density at radius 2 is 1.81 bits per heavy atom. The Balaban J connectivity index is 1.58. The first-order valence-electron chi connectivity index (χ1n) is 8.38. The highest BCUT2D eigenvalue weighted by Crippen LogP contribution is 2.20. The van der Waals surface area contributed by atoms with Gasteiger partial charge in [-0.2, -0.15) is 0 Å². The van der Waals surface area contributed by atoms with Gasteiger partial charge in [0.25, 0.3) is 0 Å². The van der Waals surface area contributed by atoms with Crippen molar-refractivity contribution in [2.45, 2.75) is 39.7 Å². The third kappa shape index (κ3) is 6.06. The standard InChI is InChI=1S/C18H30N2O/c1-16(2)9-13-21-14-10-19-15-17-5-7-18(8-6-17)20-11-3-4-12-20/h5-8,16,19H,3-4,9-15H2,1-2H3. The lowest BCUT2D eigenvalue weighted by atomic mass is 10.1. The number of nitrogens with zero attached hydrogens (tertiary/aromatic N) is 1. The van der Waals surface area contributed by atoms with Crippen molar-refractivity contribution in [2.24, 2.45) is 5.92 Å². The molecular formula is C18H30N2O. The van der Waals surface area contributed by atoms with Crippen LogP contribution in [0.4, 0.5) is 5.69 Å². The largest absolute Gasteiger partial charge is 0.380 e. The van der Waals surface area contributed by atoms with Crippen molar-refractivity contribution < 1.29 is 4.74 Å². The van der Waals surface area contributed by atoms with E-state index >= 15 is 0 Å². The lowest BCUT2D eigenvalue weighted by molar-refractivity contribution is 0.125. The molecule has 0 radical (unpaired) electrons. The Morgan fingerprint density at radius 1 is 1.10 bits per heavy atom. The second-order valence-electron chi connectivity index (χ2n) is 6.33. The Bertz CT molecular complexity index is 383. The van der Waals surface area contributed by atoms with Gasteiger partial charge in [-0.3, -0.25) is 0 Å². The van der Waals surface area contributed by atoms with Crippen LogP contribution in [0.3, 0.4) is 0 Å². The number of hydrogen-bond acceptors (Lipinski definition) is 3. The summed E-state index contributed by atoms with van der Waals surface area (Å²) in [7, 11) is 0. The molecule has 3 nitrogen and oxygen atoms in total. The van der Waals surface area contributed by atoms with E-state index in [9.17, 15) is 0 Å². The summed E-state index contributed by atoms with van der Waals surface area (Å²) in [6.07, 6.45) is 3.82. The summed E-state index contributed by atoms with van der Waals surface area (Å²) in [5.74, 6) is 0.729. The molecule has 1 aromatic rings. The Labute approximate surface area is 129 Å². The highest BCUT2D eigenvalue weighted by atomic mass is 16.5. The van der Waals surface area contributed by atoms with Crippen LogP contribution in [0.1, 0.15) is 38.7 Å². The van der Waals surface area contributed by atoms with Crippen molar-refractivity contribution in [3.8, 4) is 0 Å². The lowest BCUT2D eigenvalue weighted by Crippen LogP contribution is -2.20. The zero-order chi connectivity index (χ0) is 14.9. The van der Waals surface area contributed by atoms with Crippen molar-refractivity contribution in [3.05, 3.63) is 29.8 Å². The zero-order valence-electron chi connectivity index (χ0n) is 13.6. The van der Waals surface area contributed by atoms with Crippen molar-refractivity contribution in [2.75, 3.05) is 37.7 Å². The van der Waals surface area contributed by atoms with Gasteiger partial charge < -0.3 is 15.0 Å². The number of anilines is 1. The molecule has 1 saturated heterocycles. The number of ether oxygens (including phenoxy) is 1. The number of rotatable bonds is 9. The summed E-state index contributed by atoms with van der Waals surface area (Å²) in [4.78, 5) is 2.47. The molecule has 0 aliphatic carbocycles. The molecular weight excluding hydrogens is 260 g/mol. The maximum absolute atomic E-state index is 5.60.